The molecule has 0 saturated heterocycles. The van der Waals surface area contributed by atoms with Gasteiger partial charge in [0.1, 0.15) is 0 Å². The first-order valence-electron chi connectivity index (χ1n) is 6.35. The van der Waals surface area contributed by atoms with Gasteiger partial charge in [-0.2, -0.15) is 0 Å². The lowest BCUT2D eigenvalue weighted by Gasteiger charge is -2.05. The second-order valence-electron chi connectivity index (χ2n) is 4.60. The summed E-state index contributed by atoms with van der Waals surface area (Å²) in [5.41, 5.74) is 2.34. The molecule has 3 rings (SSSR count). The van der Waals surface area contributed by atoms with Crippen molar-refractivity contribution in [2.75, 3.05) is 0 Å². The number of pyridine rings is 1. The third kappa shape index (κ3) is 2.56. The number of hydrogen-bond acceptors (Lipinski definition) is 2. The number of hydrogen-bond donors (Lipinski definition) is 0. The summed E-state index contributed by atoms with van der Waals surface area (Å²) in [5.74, 6) is 0.0469. The zero-order valence-electron chi connectivity index (χ0n) is 10.7. The number of carbonyl (C=O) groups is 1. The van der Waals surface area contributed by atoms with Gasteiger partial charge in [-0.3, -0.25) is 9.78 Å². The van der Waals surface area contributed by atoms with Crippen molar-refractivity contribution < 1.29 is 4.79 Å². The molecule has 0 unspecified atom stereocenters. The molecule has 0 aliphatic heterocycles. The van der Waals surface area contributed by atoms with Gasteiger partial charge in [0.15, 0.2) is 5.78 Å². The van der Waals surface area contributed by atoms with Gasteiger partial charge < -0.3 is 0 Å². The quantitative estimate of drug-likeness (QED) is 0.670. The fourth-order valence-electron chi connectivity index (χ4n) is 2.16. The number of halogens is 1. The highest BCUT2D eigenvalue weighted by atomic mass is 35.5. The Balaban J connectivity index is 1.91. The zero-order chi connectivity index (χ0) is 13.9. The predicted octanol–water partition coefficient (Wildman–Crippen LogP) is 4.31. The Hall–Kier alpha value is -2.19. The summed E-state index contributed by atoms with van der Waals surface area (Å²) in [6.07, 6.45) is 2.03. The first-order valence-corrected chi connectivity index (χ1v) is 6.73. The third-order valence-corrected chi connectivity index (χ3v) is 3.61. The Bertz CT molecular complexity index is 783. The van der Waals surface area contributed by atoms with E-state index in [4.69, 9.17) is 11.6 Å². The summed E-state index contributed by atoms with van der Waals surface area (Å²) in [5, 5.41) is 1.65. The van der Waals surface area contributed by atoms with E-state index >= 15 is 0 Å². The van der Waals surface area contributed by atoms with E-state index in [0.717, 1.165) is 16.5 Å². The van der Waals surface area contributed by atoms with Crippen LogP contribution in [0, 0.1) is 0 Å². The molecule has 2 aromatic carbocycles. The van der Waals surface area contributed by atoms with Crippen molar-refractivity contribution in [2.45, 2.75) is 6.42 Å². The highest BCUT2D eigenvalue weighted by Gasteiger charge is 2.10. The number of benzene rings is 2. The molecule has 0 spiro atoms. The summed E-state index contributed by atoms with van der Waals surface area (Å²) in [6, 6.07) is 16.9. The normalized spacial score (nSPS) is 10.7. The maximum atomic E-state index is 12.3. The van der Waals surface area contributed by atoms with Gasteiger partial charge in [-0.05, 0) is 23.8 Å². The summed E-state index contributed by atoms with van der Waals surface area (Å²) < 4.78 is 0. The molecule has 98 valence electrons. The first-order chi connectivity index (χ1) is 9.74. The third-order valence-electron chi connectivity index (χ3n) is 3.24. The van der Waals surface area contributed by atoms with Crippen LogP contribution < -0.4 is 0 Å². The molecule has 0 aliphatic carbocycles. The molecule has 2 nitrogen and oxygen atoms in total. The van der Waals surface area contributed by atoms with E-state index < -0.39 is 0 Å². The van der Waals surface area contributed by atoms with Crippen LogP contribution in [-0.2, 0) is 6.42 Å². The van der Waals surface area contributed by atoms with Crippen molar-refractivity contribution in [1.82, 2.24) is 4.98 Å². The number of Topliss-reactive ketones (excluding diaryl/α,β-unsaturated/α-hetero) is 1. The average Bonchev–Trinajstić information content (AvgIpc) is 2.49. The van der Waals surface area contributed by atoms with Crippen molar-refractivity contribution in [1.29, 1.82) is 0 Å². The smallest absolute Gasteiger partial charge is 0.167 e. The minimum Gasteiger partial charge on any atom is -0.294 e. The lowest BCUT2D eigenvalue weighted by atomic mass is 10.0. The van der Waals surface area contributed by atoms with Gasteiger partial charge in [-0.1, -0.05) is 48.0 Å². The lowest BCUT2D eigenvalue weighted by Crippen LogP contribution is -2.04. The average molecular weight is 282 g/mol. The van der Waals surface area contributed by atoms with Crippen LogP contribution in [0.1, 0.15) is 15.9 Å². The molecule has 0 N–H and O–H groups in total. The zero-order valence-corrected chi connectivity index (χ0v) is 11.5. The van der Waals surface area contributed by atoms with Crippen molar-refractivity contribution in [3.8, 4) is 0 Å². The van der Waals surface area contributed by atoms with Crippen LogP contribution in [0.15, 0.2) is 60.8 Å². The van der Waals surface area contributed by atoms with Gasteiger partial charge in [0.2, 0.25) is 0 Å². The summed E-state index contributed by atoms with van der Waals surface area (Å²) in [7, 11) is 0. The molecular weight excluding hydrogens is 270 g/mol. The van der Waals surface area contributed by atoms with E-state index in [-0.39, 0.29) is 5.78 Å². The monoisotopic (exact) mass is 281 g/mol. The fraction of sp³-hybridized carbons (Fsp3) is 0.0588. The summed E-state index contributed by atoms with van der Waals surface area (Å²) >= 11 is 6.09. The maximum absolute atomic E-state index is 12.3. The highest BCUT2D eigenvalue weighted by Crippen LogP contribution is 2.19. The van der Waals surface area contributed by atoms with Gasteiger partial charge >= 0.3 is 0 Å². The van der Waals surface area contributed by atoms with Gasteiger partial charge in [0, 0.05) is 28.6 Å². The van der Waals surface area contributed by atoms with E-state index in [0.29, 0.717) is 17.0 Å². The number of fused-ring (bicyclic) bond motifs is 1. The Morgan fingerprint density at radius 2 is 1.90 bits per heavy atom. The van der Waals surface area contributed by atoms with E-state index in [9.17, 15) is 4.79 Å². The molecule has 1 aromatic heterocycles. The minimum atomic E-state index is 0.0469. The molecule has 3 heteroatoms. The van der Waals surface area contributed by atoms with Crippen LogP contribution in [0.2, 0.25) is 5.02 Å². The molecule has 0 saturated carbocycles. The van der Waals surface area contributed by atoms with Crippen LogP contribution >= 0.6 is 11.6 Å². The van der Waals surface area contributed by atoms with Crippen molar-refractivity contribution >= 4 is 28.3 Å². The van der Waals surface area contributed by atoms with Crippen LogP contribution in [0.4, 0.5) is 0 Å². The number of rotatable bonds is 3. The molecule has 0 bridgehead atoms. The molecule has 0 amide bonds. The molecule has 0 radical (unpaired) electrons. The number of carbonyl (C=O) groups excluding carboxylic acids is 1. The Labute approximate surface area is 122 Å². The standard InChI is InChI=1S/C17H12ClNO/c18-15-6-2-1-4-13(15)11-17(20)14-8-7-12-5-3-9-19-16(12)10-14/h1-10H,11H2. The van der Waals surface area contributed by atoms with Gasteiger partial charge in [0.05, 0.1) is 5.52 Å². The van der Waals surface area contributed by atoms with E-state index in [1.807, 2.05) is 48.5 Å². The fourth-order valence-corrected chi connectivity index (χ4v) is 2.36. The summed E-state index contributed by atoms with van der Waals surface area (Å²) in [4.78, 5) is 16.6. The Morgan fingerprint density at radius 3 is 2.75 bits per heavy atom. The largest absolute Gasteiger partial charge is 0.294 e. The van der Waals surface area contributed by atoms with Crippen LogP contribution in [0.5, 0.6) is 0 Å². The maximum Gasteiger partial charge on any atom is 0.167 e. The van der Waals surface area contributed by atoms with Gasteiger partial charge in [-0.25, -0.2) is 0 Å². The van der Waals surface area contributed by atoms with Crippen molar-refractivity contribution in [2.24, 2.45) is 0 Å². The number of nitrogens with zero attached hydrogens (tertiary/aromatic N) is 1. The SMILES string of the molecule is O=C(Cc1ccccc1Cl)c1ccc2cccnc2c1. The van der Waals surface area contributed by atoms with E-state index in [2.05, 4.69) is 4.98 Å². The van der Waals surface area contributed by atoms with E-state index in [1.165, 1.54) is 0 Å². The van der Waals surface area contributed by atoms with Crippen LogP contribution in [0.25, 0.3) is 10.9 Å². The molecule has 0 atom stereocenters. The number of aromatic nitrogens is 1. The molecular formula is C17H12ClNO. The second kappa shape index (κ2) is 5.43. The van der Waals surface area contributed by atoms with Gasteiger partial charge in [-0.15, -0.1) is 0 Å². The van der Waals surface area contributed by atoms with Crippen LogP contribution in [0.3, 0.4) is 0 Å². The molecule has 0 fully saturated rings. The highest BCUT2D eigenvalue weighted by molar-refractivity contribution is 6.31. The second-order valence-corrected chi connectivity index (χ2v) is 5.01. The topological polar surface area (TPSA) is 30.0 Å². The Morgan fingerprint density at radius 1 is 1.05 bits per heavy atom. The molecule has 1 heterocycles. The van der Waals surface area contributed by atoms with Crippen molar-refractivity contribution in [3.63, 3.8) is 0 Å². The lowest BCUT2D eigenvalue weighted by molar-refractivity contribution is 0.0993. The predicted molar refractivity (Wildman–Crippen MR) is 81.2 cm³/mol. The molecule has 3 aromatic rings. The minimum absolute atomic E-state index is 0.0469. The van der Waals surface area contributed by atoms with Crippen LogP contribution in [-0.4, -0.2) is 10.8 Å². The Kier molecular flexibility index (Phi) is 3.48. The molecule has 0 aliphatic rings. The first kappa shape index (κ1) is 12.8. The van der Waals surface area contributed by atoms with E-state index in [1.54, 1.807) is 12.3 Å². The van der Waals surface area contributed by atoms with Gasteiger partial charge in [0.25, 0.3) is 0 Å². The summed E-state index contributed by atoms with van der Waals surface area (Å²) in [6.45, 7) is 0. The number of ketones is 1. The van der Waals surface area contributed by atoms with Crippen molar-refractivity contribution in [3.05, 3.63) is 76.9 Å². The molecule has 20 heavy (non-hydrogen) atoms.